The lowest BCUT2D eigenvalue weighted by atomic mass is 10.0. The van der Waals surface area contributed by atoms with Gasteiger partial charge in [0.25, 0.3) is 0 Å². The van der Waals surface area contributed by atoms with Crippen LogP contribution in [0, 0.1) is 0 Å². The molecule has 0 saturated carbocycles. The smallest absolute Gasteiger partial charge is 0.225 e. The molecule has 4 rings (SSSR count). The zero-order chi connectivity index (χ0) is 16.2. The maximum absolute atomic E-state index is 4.56. The first kappa shape index (κ1) is 14.9. The molecule has 0 amide bonds. The van der Waals surface area contributed by atoms with E-state index in [4.69, 9.17) is 0 Å². The first-order valence-corrected chi connectivity index (χ1v) is 8.46. The van der Waals surface area contributed by atoms with Crippen LogP contribution in [0.5, 0.6) is 0 Å². The molecule has 0 radical (unpaired) electrons. The summed E-state index contributed by atoms with van der Waals surface area (Å²) in [4.78, 5) is 18.0. The molecular weight excluding hydrogens is 298 g/mol. The molecule has 0 N–H and O–H groups in total. The molecule has 24 heavy (non-hydrogen) atoms. The average molecular weight is 319 g/mol. The number of pyridine rings is 1. The highest BCUT2D eigenvalue weighted by Crippen LogP contribution is 2.22. The number of hydrogen-bond donors (Lipinski definition) is 0. The van der Waals surface area contributed by atoms with E-state index in [9.17, 15) is 0 Å². The summed E-state index contributed by atoms with van der Waals surface area (Å²) in [5.74, 6) is 0.829. The standard InChI is InChI=1S/C19H21N5/c1-2-9-23(10-3-1)18-6-11-24(12-7-18)19-21-14-17(15-22-19)16-5-4-8-20-13-16/h1-5,8-9,13-15,18H,6-7,10-12H2. The van der Waals surface area contributed by atoms with Gasteiger partial charge in [-0.05, 0) is 31.2 Å². The van der Waals surface area contributed by atoms with Gasteiger partial charge in [-0.1, -0.05) is 18.2 Å². The first-order chi connectivity index (χ1) is 11.9. The fourth-order valence-corrected chi connectivity index (χ4v) is 3.32. The van der Waals surface area contributed by atoms with Crippen molar-refractivity contribution in [2.75, 3.05) is 24.5 Å². The van der Waals surface area contributed by atoms with Gasteiger partial charge in [0, 0.05) is 61.6 Å². The molecule has 0 aliphatic carbocycles. The summed E-state index contributed by atoms with van der Waals surface area (Å²) in [7, 11) is 0. The molecule has 2 aromatic heterocycles. The van der Waals surface area contributed by atoms with Crippen molar-refractivity contribution in [2.45, 2.75) is 18.9 Å². The van der Waals surface area contributed by atoms with E-state index in [-0.39, 0.29) is 0 Å². The van der Waals surface area contributed by atoms with Crippen LogP contribution >= 0.6 is 0 Å². The lowest BCUT2D eigenvalue weighted by molar-refractivity contribution is 0.253. The maximum Gasteiger partial charge on any atom is 0.225 e. The van der Waals surface area contributed by atoms with Gasteiger partial charge in [0.15, 0.2) is 0 Å². The fourth-order valence-electron chi connectivity index (χ4n) is 3.32. The second-order valence-electron chi connectivity index (χ2n) is 6.20. The molecule has 0 unspecified atom stereocenters. The zero-order valence-electron chi connectivity index (χ0n) is 13.6. The third kappa shape index (κ3) is 3.15. The molecular formula is C19H21N5. The predicted octanol–water partition coefficient (Wildman–Crippen LogP) is 2.89. The van der Waals surface area contributed by atoms with Crippen molar-refractivity contribution in [2.24, 2.45) is 0 Å². The monoisotopic (exact) mass is 319 g/mol. The van der Waals surface area contributed by atoms with Gasteiger partial charge in [-0.2, -0.15) is 0 Å². The summed E-state index contributed by atoms with van der Waals surface area (Å²) in [6.45, 7) is 3.04. The zero-order valence-corrected chi connectivity index (χ0v) is 13.6. The van der Waals surface area contributed by atoms with E-state index in [0.717, 1.165) is 49.6 Å². The Bertz CT molecular complexity index is 715. The summed E-state index contributed by atoms with van der Waals surface area (Å²) in [6.07, 6.45) is 18.3. The Morgan fingerprint density at radius 2 is 1.79 bits per heavy atom. The Morgan fingerprint density at radius 3 is 2.46 bits per heavy atom. The molecule has 0 atom stereocenters. The van der Waals surface area contributed by atoms with E-state index in [1.54, 1.807) is 6.20 Å². The van der Waals surface area contributed by atoms with Crippen molar-refractivity contribution in [1.29, 1.82) is 0 Å². The van der Waals surface area contributed by atoms with Crippen LogP contribution in [0.1, 0.15) is 12.8 Å². The van der Waals surface area contributed by atoms with Gasteiger partial charge in [-0.3, -0.25) is 4.98 Å². The van der Waals surface area contributed by atoms with E-state index >= 15 is 0 Å². The summed E-state index contributed by atoms with van der Waals surface area (Å²) < 4.78 is 0. The molecule has 2 aliphatic heterocycles. The number of piperidine rings is 1. The Labute approximate surface area is 142 Å². The third-order valence-corrected chi connectivity index (χ3v) is 4.69. The number of rotatable bonds is 3. The summed E-state index contributed by atoms with van der Waals surface area (Å²) >= 11 is 0. The minimum Gasteiger partial charge on any atom is -0.371 e. The molecule has 5 nitrogen and oxygen atoms in total. The molecule has 122 valence electrons. The number of hydrogen-bond acceptors (Lipinski definition) is 5. The van der Waals surface area contributed by atoms with Crippen LogP contribution in [0.2, 0.25) is 0 Å². The number of anilines is 1. The van der Waals surface area contributed by atoms with Crippen LogP contribution in [-0.4, -0.2) is 45.5 Å². The van der Waals surface area contributed by atoms with Gasteiger partial charge in [0.2, 0.25) is 5.95 Å². The molecule has 2 aliphatic rings. The summed E-state index contributed by atoms with van der Waals surface area (Å²) in [6, 6.07) is 4.58. The van der Waals surface area contributed by atoms with Gasteiger partial charge in [-0.25, -0.2) is 9.97 Å². The van der Waals surface area contributed by atoms with Crippen molar-refractivity contribution >= 4 is 5.95 Å². The van der Waals surface area contributed by atoms with Crippen LogP contribution in [-0.2, 0) is 0 Å². The quantitative estimate of drug-likeness (QED) is 0.870. The van der Waals surface area contributed by atoms with Crippen molar-refractivity contribution < 1.29 is 0 Å². The highest BCUT2D eigenvalue weighted by atomic mass is 15.3. The Morgan fingerprint density at radius 1 is 0.958 bits per heavy atom. The van der Waals surface area contributed by atoms with Crippen molar-refractivity contribution in [3.05, 3.63) is 61.3 Å². The molecule has 2 aromatic rings. The highest BCUT2D eigenvalue weighted by molar-refractivity contribution is 5.60. The largest absolute Gasteiger partial charge is 0.371 e. The molecule has 1 fully saturated rings. The maximum atomic E-state index is 4.56. The third-order valence-electron chi connectivity index (χ3n) is 4.69. The van der Waals surface area contributed by atoms with E-state index in [1.165, 1.54) is 0 Å². The van der Waals surface area contributed by atoms with Gasteiger partial charge in [0.05, 0.1) is 0 Å². The molecule has 0 aromatic carbocycles. The topological polar surface area (TPSA) is 45.2 Å². The average Bonchev–Trinajstić information content (AvgIpc) is 2.70. The molecule has 1 saturated heterocycles. The van der Waals surface area contributed by atoms with Crippen molar-refractivity contribution in [1.82, 2.24) is 19.9 Å². The number of allylic oxidation sites excluding steroid dienone is 2. The van der Waals surface area contributed by atoms with Crippen LogP contribution in [0.3, 0.4) is 0 Å². The van der Waals surface area contributed by atoms with E-state index in [2.05, 4.69) is 49.2 Å². The fraction of sp³-hybridized carbons (Fsp3) is 0.316. The Kier molecular flexibility index (Phi) is 4.23. The van der Waals surface area contributed by atoms with E-state index in [0.29, 0.717) is 6.04 Å². The van der Waals surface area contributed by atoms with Crippen LogP contribution in [0.4, 0.5) is 5.95 Å². The summed E-state index contributed by atoms with van der Waals surface area (Å²) in [5, 5.41) is 0. The van der Waals surface area contributed by atoms with Gasteiger partial charge in [-0.15, -0.1) is 0 Å². The van der Waals surface area contributed by atoms with Crippen LogP contribution in [0.15, 0.2) is 61.3 Å². The van der Waals surface area contributed by atoms with Gasteiger partial charge in [0.1, 0.15) is 0 Å². The van der Waals surface area contributed by atoms with Crippen molar-refractivity contribution in [3.63, 3.8) is 0 Å². The molecule has 0 bridgehead atoms. The normalized spacial score (nSPS) is 18.2. The first-order valence-electron chi connectivity index (χ1n) is 8.46. The lowest BCUT2D eigenvalue weighted by Gasteiger charge is -2.38. The Hall–Kier alpha value is -2.69. The molecule has 4 heterocycles. The Balaban J connectivity index is 1.39. The lowest BCUT2D eigenvalue weighted by Crippen LogP contribution is -2.43. The number of nitrogens with zero attached hydrogens (tertiary/aromatic N) is 5. The number of aromatic nitrogens is 3. The molecule has 0 spiro atoms. The van der Waals surface area contributed by atoms with E-state index in [1.807, 2.05) is 30.7 Å². The van der Waals surface area contributed by atoms with Crippen LogP contribution in [0.25, 0.3) is 11.1 Å². The van der Waals surface area contributed by atoms with Crippen molar-refractivity contribution in [3.8, 4) is 11.1 Å². The van der Waals surface area contributed by atoms with E-state index < -0.39 is 0 Å². The van der Waals surface area contributed by atoms with Gasteiger partial charge >= 0.3 is 0 Å². The minimum absolute atomic E-state index is 0.622. The SMILES string of the molecule is C1=CCN(C2CCN(c3ncc(-c4cccnc4)cn3)CC2)C=C1. The summed E-state index contributed by atoms with van der Waals surface area (Å²) in [5.41, 5.74) is 2.06. The van der Waals surface area contributed by atoms with Crippen LogP contribution < -0.4 is 4.90 Å². The minimum atomic E-state index is 0.622. The second kappa shape index (κ2) is 6.83. The second-order valence-corrected chi connectivity index (χ2v) is 6.20. The predicted molar refractivity (Wildman–Crippen MR) is 95.5 cm³/mol. The van der Waals surface area contributed by atoms with Gasteiger partial charge < -0.3 is 9.80 Å². The highest BCUT2D eigenvalue weighted by Gasteiger charge is 2.24. The molecule has 5 heteroatoms.